The van der Waals surface area contributed by atoms with Crippen molar-refractivity contribution in [1.29, 1.82) is 0 Å². The number of benzene rings is 2. The molecule has 11 nitrogen and oxygen atoms in total. The summed E-state index contributed by atoms with van der Waals surface area (Å²) in [5.74, 6) is -0.687. The largest absolute Gasteiger partial charge is 0.481 e. The zero-order valence-electron chi connectivity index (χ0n) is 27.4. The quantitative estimate of drug-likeness (QED) is 0.324. The standard InChI is InChI=1S/C35H36ClFN6O5/c1-19-22(7-6-8-26(19)38-32(45)24-18-40(3)35(47)41(4)34(24)46)30-25(37)11-10-23(31(30)36)27-17-21-9-12-28(29(21)33(39-27)48-5)43-15-13-42(14-16-43)20(2)44/h6-8,10-11,17-18,28H,9,12-16H2,1-5H3,(H,38,45). The molecule has 250 valence electrons. The number of methoxy groups -OCH3 is 1. The van der Waals surface area contributed by atoms with E-state index in [1.807, 2.05) is 11.0 Å². The molecule has 0 bridgehead atoms. The van der Waals surface area contributed by atoms with Crippen molar-refractivity contribution in [3.8, 4) is 28.3 Å². The Balaban J connectivity index is 1.34. The van der Waals surface area contributed by atoms with Crippen molar-refractivity contribution in [1.82, 2.24) is 23.9 Å². The number of anilines is 1. The summed E-state index contributed by atoms with van der Waals surface area (Å²) >= 11 is 6.99. The van der Waals surface area contributed by atoms with Gasteiger partial charge in [-0.3, -0.25) is 23.9 Å². The molecule has 0 radical (unpaired) electrons. The first-order chi connectivity index (χ1) is 22.9. The summed E-state index contributed by atoms with van der Waals surface area (Å²) in [6, 6.07) is 10.1. The summed E-state index contributed by atoms with van der Waals surface area (Å²) in [6.45, 7) is 6.21. The normalized spacial score (nSPS) is 16.1. The van der Waals surface area contributed by atoms with E-state index in [0.29, 0.717) is 47.0 Å². The van der Waals surface area contributed by atoms with E-state index in [2.05, 4.69) is 10.2 Å². The molecule has 1 unspecified atom stereocenters. The van der Waals surface area contributed by atoms with Crippen molar-refractivity contribution in [2.24, 2.45) is 14.1 Å². The van der Waals surface area contributed by atoms with Crippen LogP contribution in [-0.2, 0) is 25.3 Å². The van der Waals surface area contributed by atoms with E-state index in [0.717, 1.165) is 46.2 Å². The average molecular weight is 675 g/mol. The van der Waals surface area contributed by atoms with Gasteiger partial charge in [-0.15, -0.1) is 0 Å². The highest BCUT2D eigenvalue weighted by molar-refractivity contribution is 6.36. The molecule has 1 N–H and O–H groups in total. The Hall–Kier alpha value is -4.81. The maximum absolute atomic E-state index is 15.6. The van der Waals surface area contributed by atoms with E-state index in [9.17, 15) is 19.2 Å². The van der Waals surface area contributed by atoms with Crippen LogP contribution >= 0.6 is 11.6 Å². The minimum absolute atomic E-state index is 0.0842. The van der Waals surface area contributed by atoms with Gasteiger partial charge in [-0.05, 0) is 60.7 Å². The molecule has 3 heterocycles. The van der Waals surface area contributed by atoms with Crippen molar-refractivity contribution in [3.05, 3.63) is 96.5 Å². The molecule has 2 aliphatic rings. The number of pyridine rings is 1. The van der Waals surface area contributed by atoms with E-state index >= 15 is 4.39 Å². The van der Waals surface area contributed by atoms with Gasteiger partial charge < -0.3 is 19.5 Å². The van der Waals surface area contributed by atoms with Crippen LogP contribution < -0.4 is 21.3 Å². The van der Waals surface area contributed by atoms with Crippen LogP contribution in [0.4, 0.5) is 10.1 Å². The molecule has 2 aromatic carbocycles. The monoisotopic (exact) mass is 674 g/mol. The van der Waals surface area contributed by atoms with Gasteiger partial charge in [-0.2, -0.15) is 0 Å². The molecule has 6 rings (SSSR count). The number of aryl methyl sites for hydroxylation is 2. The third-order valence-electron chi connectivity index (χ3n) is 9.43. The average Bonchev–Trinajstić information content (AvgIpc) is 3.51. The number of fused-ring (bicyclic) bond motifs is 1. The molecule has 0 spiro atoms. The Morgan fingerprint density at radius 2 is 1.79 bits per heavy atom. The smallest absolute Gasteiger partial charge is 0.330 e. The summed E-state index contributed by atoms with van der Waals surface area (Å²) in [5.41, 5.74) is 3.15. The number of carbonyl (C=O) groups excluding carboxylic acids is 2. The predicted molar refractivity (Wildman–Crippen MR) is 181 cm³/mol. The molecule has 1 saturated heterocycles. The van der Waals surface area contributed by atoms with Crippen LogP contribution in [0.3, 0.4) is 0 Å². The molecule has 1 aliphatic heterocycles. The molecule has 1 atom stereocenters. The molecule has 4 aromatic rings. The fourth-order valence-corrected chi connectivity index (χ4v) is 7.13. The van der Waals surface area contributed by atoms with Crippen molar-refractivity contribution in [2.75, 3.05) is 38.6 Å². The summed E-state index contributed by atoms with van der Waals surface area (Å²) in [7, 11) is 4.33. The van der Waals surface area contributed by atoms with Crippen molar-refractivity contribution in [2.45, 2.75) is 32.7 Å². The third-order valence-corrected chi connectivity index (χ3v) is 9.83. The number of rotatable bonds is 6. The van der Waals surface area contributed by atoms with Gasteiger partial charge in [0.25, 0.3) is 11.5 Å². The summed E-state index contributed by atoms with van der Waals surface area (Å²) < 4.78 is 23.5. The Bertz CT molecular complexity index is 2090. The van der Waals surface area contributed by atoms with E-state index in [4.69, 9.17) is 21.3 Å². The lowest BCUT2D eigenvalue weighted by Crippen LogP contribution is -2.48. The van der Waals surface area contributed by atoms with Gasteiger partial charge in [0.05, 0.1) is 17.8 Å². The fourth-order valence-electron chi connectivity index (χ4n) is 6.78. The first-order valence-corrected chi connectivity index (χ1v) is 16.0. The number of carbonyl (C=O) groups is 2. The summed E-state index contributed by atoms with van der Waals surface area (Å²) in [5, 5.41) is 2.88. The molecule has 48 heavy (non-hydrogen) atoms. The van der Waals surface area contributed by atoms with Crippen molar-refractivity contribution in [3.63, 3.8) is 0 Å². The van der Waals surface area contributed by atoms with Gasteiger partial charge in [-0.1, -0.05) is 23.7 Å². The Morgan fingerprint density at radius 1 is 1.06 bits per heavy atom. The summed E-state index contributed by atoms with van der Waals surface area (Å²) in [4.78, 5) is 58.8. The minimum atomic E-state index is -0.731. The van der Waals surface area contributed by atoms with E-state index in [-0.39, 0.29) is 28.1 Å². The first kappa shape index (κ1) is 33.1. The highest BCUT2D eigenvalue weighted by atomic mass is 35.5. The Labute approximate surface area is 281 Å². The minimum Gasteiger partial charge on any atom is -0.481 e. The third kappa shape index (κ3) is 5.79. The van der Waals surface area contributed by atoms with Crippen LogP contribution in [0, 0.1) is 12.7 Å². The van der Waals surface area contributed by atoms with Crippen LogP contribution in [0.25, 0.3) is 22.4 Å². The van der Waals surface area contributed by atoms with Gasteiger partial charge in [0.2, 0.25) is 11.8 Å². The highest BCUT2D eigenvalue weighted by Gasteiger charge is 2.35. The molecular formula is C35H36ClFN6O5. The lowest BCUT2D eigenvalue weighted by molar-refractivity contribution is -0.130. The molecule has 0 saturated carbocycles. The van der Waals surface area contributed by atoms with E-state index < -0.39 is 23.0 Å². The zero-order valence-corrected chi connectivity index (χ0v) is 28.2. The number of piperazine rings is 1. The van der Waals surface area contributed by atoms with Crippen LogP contribution in [0.2, 0.25) is 5.02 Å². The van der Waals surface area contributed by atoms with E-state index in [1.54, 1.807) is 45.2 Å². The SMILES string of the molecule is COc1nc(-c2ccc(F)c(-c3cccc(NC(=O)c4cn(C)c(=O)n(C)c4=O)c3C)c2Cl)cc2c1C(N1CCN(C(C)=O)CC1)CC2. The fraction of sp³-hybridized carbons (Fsp3) is 0.343. The topological polar surface area (TPSA) is 119 Å². The Kier molecular flexibility index (Phi) is 8.97. The number of hydrogen-bond donors (Lipinski definition) is 1. The maximum Gasteiger partial charge on any atom is 0.330 e. The van der Waals surface area contributed by atoms with E-state index in [1.165, 1.54) is 26.4 Å². The number of nitrogens with zero attached hydrogens (tertiary/aromatic N) is 5. The van der Waals surface area contributed by atoms with Crippen LogP contribution in [-0.4, -0.2) is 69.0 Å². The van der Waals surface area contributed by atoms with Gasteiger partial charge >= 0.3 is 5.69 Å². The van der Waals surface area contributed by atoms with Crippen LogP contribution in [0.1, 0.15) is 46.4 Å². The molecule has 13 heteroatoms. The molecule has 1 fully saturated rings. The highest BCUT2D eigenvalue weighted by Crippen LogP contribution is 2.45. The predicted octanol–water partition coefficient (Wildman–Crippen LogP) is 4.33. The Morgan fingerprint density at radius 3 is 2.48 bits per heavy atom. The molecule has 2 amide bonds. The first-order valence-electron chi connectivity index (χ1n) is 15.6. The van der Waals surface area contributed by atoms with Crippen LogP contribution in [0.5, 0.6) is 5.88 Å². The second-order valence-electron chi connectivity index (χ2n) is 12.2. The van der Waals surface area contributed by atoms with Crippen molar-refractivity contribution < 1.29 is 18.7 Å². The number of hydrogen-bond acceptors (Lipinski definition) is 7. The van der Waals surface area contributed by atoms with Gasteiger partial charge in [0, 0.05) is 81.8 Å². The van der Waals surface area contributed by atoms with Gasteiger partial charge in [0.1, 0.15) is 11.4 Å². The number of amides is 2. The number of nitrogens with one attached hydrogen (secondary N) is 1. The second kappa shape index (κ2) is 13.0. The lowest BCUT2D eigenvalue weighted by atomic mass is 9.95. The van der Waals surface area contributed by atoms with Crippen molar-refractivity contribution >= 4 is 29.1 Å². The number of aromatic nitrogens is 3. The van der Waals surface area contributed by atoms with Gasteiger partial charge in [-0.25, -0.2) is 14.2 Å². The number of ether oxygens (including phenoxy) is 1. The lowest BCUT2D eigenvalue weighted by Gasteiger charge is -2.38. The maximum atomic E-state index is 15.6. The summed E-state index contributed by atoms with van der Waals surface area (Å²) in [6.07, 6.45) is 2.89. The molecule has 2 aromatic heterocycles. The number of halogens is 2. The molecular weight excluding hydrogens is 639 g/mol. The second-order valence-corrected chi connectivity index (χ2v) is 12.6. The van der Waals surface area contributed by atoms with Crippen LogP contribution in [0.15, 0.2) is 52.2 Å². The zero-order chi connectivity index (χ0) is 34.4. The molecule has 1 aliphatic carbocycles. The van der Waals surface area contributed by atoms with Gasteiger partial charge in [0.15, 0.2) is 0 Å².